The first-order chi connectivity index (χ1) is 14.2. The Morgan fingerprint density at radius 2 is 1.77 bits per heavy atom. The predicted octanol–water partition coefficient (Wildman–Crippen LogP) is 4.86. The van der Waals surface area contributed by atoms with Crippen molar-refractivity contribution in [1.82, 2.24) is 15.1 Å². The van der Waals surface area contributed by atoms with Crippen molar-refractivity contribution in [2.24, 2.45) is 0 Å². The van der Waals surface area contributed by atoms with Gasteiger partial charge >= 0.3 is 6.03 Å². The second-order valence-corrected chi connectivity index (χ2v) is 8.18. The Bertz CT molecular complexity index is 806. The fraction of sp³-hybridized carbons (Fsp3) is 0.500. The number of benzene rings is 1. The average molecular weight is 435 g/mol. The van der Waals surface area contributed by atoms with Gasteiger partial charge < -0.3 is 14.4 Å². The quantitative estimate of drug-likeness (QED) is 0.570. The number of halogens is 1. The molecule has 1 aromatic heterocycles. The summed E-state index contributed by atoms with van der Waals surface area (Å²) in [5, 5.41) is 11.2. The number of rotatable bonds is 9. The summed E-state index contributed by atoms with van der Waals surface area (Å²) in [6.45, 7) is 11.5. The summed E-state index contributed by atoms with van der Waals surface area (Å²) in [4.78, 5) is 14.7. The molecule has 0 spiro atoms. The van der Waals surface area contributed by atoms with Gasteiger partial charge in [-0.05, 0) is 30.9 Å². The van der Waals surface area contributed by atoms with Crippen molar-refractivity contribution >= 4 is 23.4 Å². The summed E-state index contributed by atoms with van der Waals surface area (Å²) < 4.78 is 11.3. The number of hydrogen-bond donors (Lipinski definition) is 1. The minimum Gasteiger partial charge on any atom is -0.351 e. The van der Waals surface area contributed by atoms with Crippen LogP contribution in [0.4, 0.5) is 10.6 Å². The number of amides is 2. The molecular formula is C22H31ClN4O3. The average Bonchev–Trinajstić information content (AvgIpc) is 2.69. The SMILES string of the molecule is CCOC(CN(Cc1ccccc1)C(=O)Nc1cc(C(C)(C)C)c(Cl)nn1)OCC. The van der Waals surface area contributed by atoms with Crippen LogP contribution in [0, 0.1) is 0 Å². The van der Waals surface area contributed by atoms with Crippen molar-refractivity contribution in [3.05, 3.63) is 52.7 Å². The van der Waals surface area contributed by atoms with Crippen LogP contribution < -0.4 is 5.32 Å². The monoisotopic (exact) mass is 434 g/mol. The zero-order chi connectivity index (χ0) is 22.1. The van der Waals surface area contributed by atoms with E-state index < -0.39 is 6.29 Å². The fourth-order valence-corrected chi connectivity index (χ4v) is 3.26. The maximum Gasteiger partial charge on any atom is 0.323 e. The van der Waals surface area contributed by atoms with E-state index in [1.165, 1.54) is 0 Å². The van der Waals surface area contributed by atoms with Gasteiger partial charge in [-0.1, -0.05) is 62.7 Å². The van der Waals surface area contributed by atoms with Crippen molar-refractivity contribution in [1.29, 1.82) is 0 Å². The Hall–Kier alpha value is -2.22. The Labute approximate surface area is 183 Å². The highest BCUT2D eigenvalue weighted by atomic mass is 35.5. The van der Waals surface area contributed by atoms with E-state index in [0.29, 0.717) is 30.7 Å². The number of carbonyl (C=O) groups is 1. The van der Waals surface area contributed by atoms with Crippen LogP contribution in [-0.2, 0) is 21.4 Å². The minimum absolute atomic E-state index is 0.231. The number of anilines is 1. The van der Waals surface area contributed by atoms with Crippen LogP contribution in [0.3, 0.4) is 0 Å². The Balaban J connectivity index is 2.23. The van der Waals surface area contributed by atoms with Crippen LogP contribution in [0.15, 0.2) is 36.4 Å². The molecule has 1 aromatic carbocycles. The van der Waals surface area contributed by atoms with Gasteiger partial charge in [-0.3, -0.25) is 5.32 Å². The lowest BCUT2D eigenvalue weighted by Crippen LogP contribution is -2.41. The molecule has 0 aliphatic heterocycles. The van der Waals surface area contributed by atoms with Crippen LogP contribution in [0.2, 0.25) is 5.15 Å². The van der Waals surface area contributed by atoms with E-state index in [2.05, 4.69) is 15.5 Å². The van der Waals surface area contributed by atoms with Gasteiger partial charge in [0, 0.05) is 25.3 Å². The predicted molar refractivity (Wildman–Crippen MR) is 119 cm³/mol. The first kappa shape index (κ1) is 24.1. The number of urea groups is 1. The van der Waals surface area contributed by atoms with Crippen LogP contribution in [0.25, 0.3) is 0 Å². The van der Waals surface area contributed by atoms with E-state index in [-0.39, 0.29) is 18.0 Å². The Kier molecular flexibility index (Phi) is 9.02. The molecule has 7 nitrogen and oxygen atoms in total. The summed E-state index contributed by atoms with van der Waals surface area (Å²) >= 11 is 6.20. The summed E-state index contributed by atoms with van der Waals surface area (Å²) in [5.74, 6) is 0.344. The van der Waals surface area contributed by atoms with Gasteiger partial charge in [0.25, 0.3) is 0 Å². The molecule has 0 radical (unpaired) electrons. The largest absolute Gasteiger partial charge is 0.351 e. The summed E-state index contributed by atoms with van der Waals surface area (Å²) in [6.07, 6.45) is -0.518. The first-order valence-electron chi connectivity index (χ1n) is 10.1. The van der Waals surface area contributed by atoms with Crippen LogP contribution in [0.1, 0.15) is 45.7 Å². The third-order valence-corrected chi connectivity index (χ3v) is 4.65. The van der Waals surface area contributed by atoms with Gasteiger partial charge in [0.2, 0.25) is 0 Å². The molecule has 0 aliphatic rings. The van der Waals surface area contributed by atoms with Gasteiger partial charge in [-0.2, -0.15) is 0 Å². The maximum atomic E-state index is 13.1. The molecule has 0 fully saturated rings. The molecule has 0 bridgehead atoms. The highest BCUT2D eigenvalue weighted by Crippen LogP contribution is 2.29. The number of ether oxygens (including phenoxy) is 2. The molecule has 0 atom stereocenters. The van der Waals surface area contributed by atoms with Crippen molar-refractivity contribution in [3.63, 3.8) is 0 Å². The van der Waals surface area contributed by atoms with Crippen molar-refractivity contribution < 1.29 is 14.3 Å². The molecule has 30 heavy (non-hydrogen) atoms. The lowest BCUT2D eigenvalue weighted by Gasteiger charge is -2.28. The standard InChI is InChI=1S/C22H31ClN4O3/c1-6-29-19(30-7-2)15-27(14-16-11-9-8-10-12-16)21(28)24-18-13-17(22(3,4)5)20(23)26-25-18/h8-13,19H,6-7,14-15H2,1-5H3,(H,24,25,28). The van der Waals surface area contributed by atoms with Gasteiger partial charge in [-0.25, -0.2) is 4.79 Å². The van der Waals surface area contributed by atoms with Crippen molar-refractivity contribution in [2.75, 3.05) is 25.1 Å². The number of nitrogens with zero attached hydrogens (tertiary/aromatic N) is 3. The molecule has 0 unspecified atom stereocenters. The molecule has 2 amide bonds. The number of hydrogen-bond acceptors (Lipinski definition) is 5. The lowest BCUT2D eigenvalue weighted by atomic mass is 9.88. The highest BCUT2D eigenvalue weighted by molar-refractivity contribution is 6.30. The second-order valence-electron chi connectivity index (χ2n) is 7.82. The van der Waals surface area contributed by atoms with E-state index in [9.17, 15) is 4.79 Å². The molecule has 0 aliphatic carbocycles. The Morgan fingerprint density at radius 3 is 2.33 bits per heavy atom. The molecule has 2 aromatic rings. The fourth-order valence-electron chi connectivity index (χ4n) is 2.88. The van der Waals surface area contributed by atoms with Gasteiger partial charge in [-0.15, -0.1) is 10.2 Å². The topological polar surface area (TPSA) is 76.6 Å². The second kappa shape index (κ2) is 11.2. The van der Waals surface area contributed by atoms with E-state index in [1.807, 2.05) is 65.0 Å². The van der Waals surface area contributed by atoms with Gasteiger partial charge in [0.05, 0.1) is 6.54 Å². The van der Waals surface area contributed by atoms with Crippen LogP contribution >= 0.6 is 11.6 Å². The van der Waals surface area contributed by atoms with E-state index in [0.717, 1.165) is 11.1 Å². The normalized spacial score (nSPS) is 11.6. The van der Waals surface area contributed by atoms with Crippen molar-refractivity contribution in [2.45, 2.75) is 52.9 Å². The molecule has 8 heteroatoms. The first-order valence-corrected chi connectivity index (χ1v) is 10.5. The third-order valence-electron chi connectivity index (χ3n) is 4.37. The smallest absolute Gasteiger partial charge is 0.323 e. The van der Waals surface area contributed by atoms with Gasteiger partial charge in [0.1, 0.15) is 0 Å². The lowest BCUT2D eigenvalue weighted by molar-refractivity contribution is -0.143. The highest BCUT2D eigenvalue weighted by Gasteiger charge is 2.23. The molecule has 1 N–H and O–H groups in total. The zero-order valence-electron chi connectivity index (χ0n) is 18.3. The maximum absolute atomic E-state index is 13.1. The zero-order valence-corrected chi connectivity index (χ0v) is 19.1. The minimum atomic E-state index is -0.518. The molecular weight excluding hydrogens is 404 g/mol. The van der Waals surface area contributed by atoms with E-state index in [4.69, 9.17) is 21.1 Å². The molecule has 1 heterocycles. The van der Waals surface area contributed by atoms with Gasteiger partial charge in [0.15, 0.2) is 17.3 Å². The number of carbonyl (C=O) groups excluding carboxylic acids is 1. The van der Waals surface area contributed by atoms with Crippen molar-refractivity contribution in [3.8, 4) is 0 Å². The summed E-state index contributed by atoms with van der Waals surface area (Å²) in [7, 11) is 0. The number of nitrogens with one attached hydrogen (secondary N) is 1. The molecule has 2 rings (SSSR count). The van der Waals surface area contributed by atoms with Crippen LogP contribution in [0.5, 0.6) is 0 Å². The molecule has 0 saturated heterocycles. The van der Waals surface area contributed by atoms with Crippen LogP contribution in [-0.4, -0.2) is 47.2 Å². The van der Waals surface area contributed by atoms with E-state index >= 15 is 0 Å². The molecule has 164 valence electrons. The number of aromatic nitrogens is 2. The Morgan fingerprint density at radius 1 is 1.13 bits per heavy atom. The summed E-state index contributed by atoms with van der Waals surface area (Å²) in [5.41, 5.74) is 1.58. The van der Waals surface area contributed by atoms with E-state index in [1.54, 1.807) is 11.0 Å². The third kappa shape index (κ3) is 7.23. The molecule has 0 saturated carbocycles. The summed E-state index contributed by atoms with van der Waals surface area (Å²) in [6, 6.07) is 11.2.